The Morgan fingerprint density at radius 1 is 1.03 bits per heavy atom. The van der Waals surface area contributed by atoms with Crippen LogP contribution in [0.2, 0.25) is 0 Å². The summed E-state index contributed by atoms with van der Waals surface area (Å²) in [5.74, 6) is 2.02. The molecule has 5 rings (SSSR count). The molecule has 2 fully saturated rings. The van der Waals surface area contributed by atoms with Gasteiger partial charge in [0.2, 0.25) is 5.91 Å². The van der Waals surface area contributed by atoms with Crippen LogP contribution >= 0.6 is 0 Å². The van der Waals surface area contributed by atoms with Crippen LogP contribution in [0.25, 0.3) is 0 Å². The van der Waals surface area contributed by atoms with Crippen LogP contribution in [0.4, 0.5) is 5.82 Å². The fourth-order valence-corrected chi connectivity index (χ4v) is 4.97. The Hall–Kier alpha value is -3.15. The summed E-state index contributed by atoms with van der Waals surface area (Å²) in [6.45, 7) is 5.08. The minimum absolute atomic E-state index is 0.0953. The van der Waals surface area contributed by atoms with Crippen LogP contribution in [0.1, 0.15) is 17.2 Å². The van der Waals surface area contributed by atoms with Crippen LogP contribution in [-0.4, -0.2) is 45.2 Å². The lowest BCUT2D eigenvalue weighted by Gasteiger charge is -2.31. The Labute approximate surface area is 170 Å². The molecule has 0 spiro atoms. The number of aromatic nitrogens is 3. The third-order valence-corrected chi connectivity index (χ3v) is 6.32. The highest BCUT2D eigenvalue weighted by Crippen LogP contribution is 2.46. The van der Waals surface area contributed by atoms with Gasteiger partial charge in [0.15, 0.2) is 0 Å². The number of anilines is 1. The molecule has 4 heterocycles. The summed E-state index contributed by atoms with van der Waals surface area (Å²) in [5.41, 5.74) is 2.50. The molecule has 2 saturated heterocycles. The molecule has 2 aromatic heterocycles. The molecule has 1 amide bonds. The molecule has 0 radical (unpaired) electrons. The van der Waals surface area contributed by atoms with Crippen LogP contribution in [0.3, 0.4) is 0 Å². The monoisotopic (exact) mass is 387 g/mol. The predicted octanol–water partition coefficient (Wildman–Crippen LogP) is 2.92. The average Bonchev–Trinajstić information content (AvgIpc) is 3.45. The molecule has 148 valence electrons. The third kappa shape index (κ3) is 3.28. The highest BCUT2D eigenvalue weighted by atomic mass is 16.2. The zero-order valence-electron chi connectivity index (χ0n) is 16.6. The second-order valence-corrected chi connectivity index (χ2v) is 8.07. The Bertz CT molecular complexity index is 988. The largest absolute Gasteiger partial charge is 0.356 e. The molecule has 0 saturated carbocycles. The molecular weight excluding hydrogens is 362 g/mol. The molecular formula is C23H25N5O. The highest BCUT2D eigenvalue weighted by molar-refractivity contribution is 5.77. The quantitative estimate of drug-likeness (QED) is 0.691. The molecule has 0 unspecified atom stereocenters. The van der Waals surface area contributed by atoms with E-state index in [1.165, 1.54) is 11.1 Å². The van der Waals surface area contributed by atoms with Crippen molar-refractivity contribution in [3.8, 4) is 0 Å². The predicted molar refractivity (Wildman–Crippen MR) is 111 cm³/mol. The first-order valence-corrected chi connectivity index (χ1v) is 10.2. The van der Waals surface area contributed by atoms with E-state index in [1.54, 1.807) is 10.9 Å². The zero-order chi connectivity index (χ0) is 19.8. The Kier molecular flexibility index (Phi) is 4.54. The second kappa shape index (κ2) is 7.35. The fraction of sp³-hybridized carbons (Fsp3) is 0.348. The van der Waals surface area contributed by atoms with E-state index in [1.807, 2.05) is 30.6 Å². The van der Waals surface area contributed by atoms with Crippen LogP contribution < -0.4 is 4.90 Å². The lowest BCUT2D eigenvalue weighted by molar-refractivity contribution is -0.133. The van der Waals surface area contributed by atoms with Gasteiger partial charge in [-0.3, -0.25) is 9.48 Å². The van der Waals surface area contributed by atoms with E-state index in [9.17, 15) is 4.79 Å². The van der Waals surface area contributed by atoms with E-state index in [0.29, 0.717) is 18.4 Å². The molecule has 1 aromatic carbocycles. The normalized spacial score (nSPS) is 23.4. The van der Waals surface area contributed by atoms with Gasteiger partial charge in [0.1, 0.15) is 12.4 Å². The number of pyridine rings is 1. The van der Waals surface area contributed by atoms with Crippen LogP contribution in [-0.2, 0) is 11.3 Å². The van der Waals surface area contributed by atoms with Gasteiger partial charge in [0.05, 0.1) is 6.04 Å². The number of nitrogens with zero attached hydrogens (tertiary/aromatic N) is 5. The summed E-state index contributed by atoms with van der Waals surface area (Å²) in [6, 6.07) is 16.5. The average molecular weight is 387 g/mol. The summed E-state index contributed by atoms with van der Waals surface area (Å²) in [5, 5.41) is 4.22. The molecule has 3 aromatic rings. The van der Waals surface area contributed by atoms with Crippen LogP contribution in [0.5, 0.6) is 0 Å². The van der Waals surface area contributed by atoms with Gasteiger partial charge in [-0.25, -0.2) is 4.98 Å². The molecule has 2 aliphatic heterocycles. The number of fused-ring (bicyclic) bond motifs is 1. The standard InChI is InChI=1S/C23H25N5O/c1-17-7-2-3-8-19(17)23-20-15-26(21-9-4-5-10-24-21)13-18(20)14-28(23)22(29)16-27-12-6-11-25-27/h2-12,18,20,23H,13-16H2,1H3/t18-,20-,23+/m0/s1. The number of rotatable bonds is 4. The number of aryl methyl sites for hydroxylation is 1. The smallest absolute Gasteiger partial charge is 0.244 e. The lowest BCUT2D eigenvalue weighted by atomic mass is 9.87. The van der Waals surface area contributed by atoms with Gasteiger partial charge in [0, 0.05) is 50.1 Å². The molecule has 3 atom stereocenters. The fourth-order valence-electron chi connectivity index (χ4n) is 4.97. The maximum atomic E-state index is 13.2. The minimum Gasteiger partial charge on any atom is -0.356 e. The van der Waals surface area contributed by atoms with Crippen molar-refractivity contribution in [2.75, 3.05) is 24.5 Å². The maximum Gasteiger partial charge on any atom is 0.244 e. The van der Waals surface area contributed by atoms with Gasteiger partial charge in [0.25, 0.3) is 0 Å². The van der Waals surface area contributed by atoms with Gasteiger partial charge in [-0.05, 0) is 36.2 Å². The number of benzene rings is 1. The summed E-state index contributed by atoms with van der Waals surface area (Å²) in [6.07, 6.45) is 5.41. The van der Waals surface area contributed by atoms with Crippen molar-refractivity contribution in [2.24, 2.45) is 11.8 Å². The van der Waals surface area contributed by atoms with Gasteiger partial charge in [-0.2, -0.15) is 5.10 Å². The summed E-state index contributed by atoms with van der Waals surface area (Å²) >= 11 is 0. The van der Waals surface area contributed by atoms with Crippen LogP contribution in [0.15, 0.2) is 67.1 Å². The molecule has 2 aliphatic rings. The molecule has 0 bridgehead atoms. The molecule has 6 heteroatoms. The van der Waals surface area contributed by atoms with E-state index >= 15 is 0 Å². The molecule has 29 heavy (non-hydrogen) atoms. The number of carbonyl (C=O) groups is 1. The van der Waals surface area contributed by atoms with Crippen molar-refractivity contribution in [3.05, 3.63) is 78.2 Å². The van der Waals surface area contributed by atoms with Crippen molar-refractivity contribution in [1.29, 1.82) is 0 Å². The van der Waals surface area contributed by atoms with Crippen molar-refractivity contribution in [1.82, 2.24) is 19.7 Å². The first kappa shape index (κ1) is 17.9. The number of hydrogen-bond donors (Lipinski definition) is 0. The maximum absolute atomic E-state index is 13.2. The number of amides is 1. The first-order chi connectivity index (χ1) is 14.2. The van der Waals surface area contributed by atoms with E-state index in [-0.39, 0.29) is 11.9 Å². The number of likely N-dealkylation sites (tertiary alicyclic amines) is 1. The Morgan fingerprint density at radius 2 is 1.90 bits per heavy atom. The van der Waals surface area contributed by atoms with Crippen molar-refractivity contribution >= 4 is 11.7 Å². The van der Waals surface area contributed by atoms with Gasteiger partial charge >= 0.3 is 0 Å². The summed E-state index contributed by atoms with van der Waals surface area (Å²) < 4.78 is 1.71. The Morgan fingerprint density at radius 3 is 2.66 bits per heavy atom. The molecule has 6 nitrogen and oxygen atoms in total. The molecule has 0 aliphatic carbocycles. The van der Waals surface area contributed by atoms with Crippen molar-refractivity contribution < 1.29 is 4.79 Å². The van der Waals surface area contributed by atoms with E-state index < -0.39 is 0 Å². The van der Waals surface area contributed by atoms with E-state index in [0.717, 1.165) is 25.5 Å². The van der Waals surface area contributed by atoms with Gasteiger partial charge < -0.3 is 9.80 Å². The van der Waals surface area contributed by atoms with E-state index in [2.05, 4.69) is 57.1 Å². The molecule has 0 N–H and O–H groups in total. The zero-order valence-corrected chi connectivity index (χ0v) is 16.6. The van der Waals surface area contributed by atoms with Crippen LogP contribution in [0, 0.1) is 18.8 Å². The summed E-state index contributed by atoms with van der Waals surface area (Å²) in [7, 11) is 0. The van der Waals surface area contributed by atoms with Gasteiger partial charge in [-0.15, -0.1) is 0 Å². The lowest BCUT2D eigenvalue weighted by Crippen LogP contribution is -2.38. The van der Waals surface area contributed by atoms with Crippen molar-refractivity contribution in [2.45, 2.75) is 19.5 Å². The first-order valence-electron chi connectivity index (χ1n) is 10.2. The summed E-state index contributed by atoms with van der Waals surface area (Å²) in [4.78, 5) is 22.2. The number of carbonyl (C=O) groups excluding carboxylic acids is 1. The Balaban J connectivity index is 1.45. The second-order valence-electron chi connectivity index (χ2n) is 8.07. The van der Waals surface area contributed by atoms with Gasteiger partial charge in [-0.1, -0.05) is 30.3 Å². The highest BCUT2D eigenvalue weighted by Gasteiger charge is 2.49. The topological polar surface area (TPSA) is 54.3 Å². The van der Waals surface area contributed by atoms with E-state index in [4.69, 9.17) is 0 Å². The minimum atomic E-state index is 0.0953. The van der Waals surface area contributed by atoms with Crippen molar-refractivity contribution in [3.63, 3.8) is 0 Å². The third-order valence-electron chi connectivity index (χ3n) is 6.32. The number of hydrogen-bond acceptors (Lipinski definition) is 4. The SMILES string of the molecule is Cc1ccccc1[C@@H]1[C@H]2CN(c3ccccn3)C[C@H]2CN1C(=O)Cn1cccn1.